The number of aryl methyl sites for hydroxylation is 2. The van der Waals surface area contributed by atoms with Crippen molar-refractivity contribution in [2.24, 2.45) is 0 Å². The molecule has 0 saturated carbocycles. The van der Waals surface area contributed by atoms with Gasteiger partial charge in [-0.3, -0.25) is 4.79 Å². The van der Waals surface area contributed by atoms with Crippen LogP contribution in [0.1, 0.15) is 27.3 Å². The lowest BCUT2D eigenvalue weighted by molar-refractivity contribution is -0.137. The first-order valence-electron chi connectivity index (χ1n) is 7.86. The third-order valence-electron chi connectivity index (χ3n) is 4.03. The lowest BCUT2D eigenvalue weighted by Crippen LogP contribution is -2.16. The molecule has 1 N–H and O–H groups in total. The minimum atomic E-state index is -4.57. The molecule has 0 atom stereocenters. The number of carbonyl (C=O) groups is 1. The van der Waals surface area contributed by atoms with Crippen molar-refractivity contribution < 1.29 is 18.0 Å². The largest absolute Gasteiger partial charge is 0.418 e. The molecule has 1 heterocycles. The first kappa shape index (κ1) is 17.7. The highest BCUT2D eigenvalue weighted by molar-refractivity contribution is 6.05. The maximum absolute atomic E-state index is 13.5. The van der Waals surface area contributed by atoms with Gasteiger partial charge in [-0.05, 0) is 43.7 Å². The Labute approximate surface area is 148 Å². The van der Waals surface area contributed by atoms with Gasteiger partial charge in [-0.15, -0.1) is 0 Å². The van der Waals surface area contributed by atoms with Crippen molar-refractivity contribution in [3.8, 4) is 5.69 Å². The molecule has 0 saturated heterocycles. The Hall–Kier alpha value is -3.09. The molecule has 3 aromatic rings. The van der Waals surface area contributed by atoms with Gasteiger partial charge in [-0.2, -0.15) is 13.2 Å². The highest BCUT2D eigenvalue weighted by atomic mass is 19.4. The number of amides is 1. The lowest BCUT2D eigenvalue weighted by Gasteiger charge is -2.16. The van der Waals surface area contributed by atoms with E-state index in [1.807, 2.05) is 0 Å². The summed E-state index contributed by atoms with van der Waals surface area (Å²) in [6.07, 6.45) is -1.68. The van der Waals surface area contributed by atoms with Crippen LogP contribution in [0.25, 0.3) is 5.69 Å². The number of aromatic nitrogens is 2. The molecule has 3 rings (SSSR count). The highest BCUT2D eigenvalue weighted by Gasteiger charge is 2.34. The Balaban J connectivity index is 1.99. The number of hydrogen-bond acceptors (Lipinski definition) is 2. The summed E-state index contributed by atoms with van der Waals surface area (Å²) in [7, 11) is 0. The van der Waals surface area contributed by atoms with Crippen LogP contribution in [0.3, 0.4) is 0 Å². The van der Waals surface area contributed by atoms with Crippen LogP contribution < -0.4 is 5.32 Å². The Morgan fingerprint density at radius 2 is 1.85 bits per heavy atom. The lowest BCUT2D eigenvalue weighted by atomic mass is 10.1. The molecule has 1 aromatic heterocycles. The zero-order valence-electron chi connectivity index (χ0n) is 14.1. The van der Waals surface area contributed by atoms with Gasteiger partial charge in [0.1, 0.15) is 5.82 Å². The number of benzene rings is 2. The molecule has 7 heteroatoms. The summed E-state index contributed by atoms with van der Waals surface area (Å²) < 4.78 is 41.9. The fraction of sp³-hybridized carbons (Fsp3) is 0.158. The number of carbonyl (C=O) groups excluding carboxylic acids is 1. The molecule has 0 unspecified atom stereocenters. The van der Waals surface area contributed by atoms with E-state index in [0.717, 1.165) is 11.6 Å². The number of halogens is 3. The first-order valence-corrected chi connectivity index (χ1v) is 7.86. The van der Waals surface area contributed by atoms with Crippen LogP contribution in [0.4, 0.5) is 18.9 Å². The molecule has 26 heavy (non-hydrogen) atoms. The predicted octanol–water partition coefficient (Wildman–Crippen LogP) is 4.76. The van der Waals surface area contributed by atoms with Gasteiger partial charge in [0, 0.05) is 23.6 Å². The molecule has 1 amide bonds. The molecular weight excluding hydrogens is 343 g/mol. The third-order valence-corrected chi connectivity index (χ3v) is 4.03. The van der Waals surface area contributed by atoms with E-state index in [2.05, 4.69) is 10.3 Å². The van der Waals surface area contributed by atoms with Crippen LogP contribution in [0.2, 0.25) is 0 Å². The van der Waals surface area contributed by atoms with Gasteiger partial charge >= 0.3 is 6.18 Å². The molecule has 0 aliphatic carbocycles. The minimum absolute atomic E-state index is 0.0404. The summed E-state index contributed by atoms with van der Waals surface area (Å²) in [6.45, 7) is 3.38. The van der Waals surface area contributed by atoms with Gasteiger partial charge in [0.15, 0.2) is 0 Å². The Morgan fingerprint density at radius 1 is 1.12 bits per heavy atom. The Morgan fingerprint density at radius 3 is 2.46 bits per heavy atom. The van der Waals surface area contributed by atoms with E-state index < -0.39 is 17.6 Å². The second-order valence-corrected chi connectivity index (χ2v) is 5.84. The van der Waals surface area contributed by atoms with Crippen molar-refractivity contribution in [3.63, 3.8) is 0 Å². The van der Waals surface area contributed by atoms with E-state index in [4.69, 9.17) is 0 Å². The van der Waals surface area contributed by atoms with E-state index in [9.17, 15) is 18.0 Å². The van der Waals surface area contributed by atoms with Crippen molar-refractivity contribution in [2.45, 2.75) is 20.0 Å². The second kappa shape index (κ2) is 6.67. The molecule has 134 valence electrons. The van der Waals surface area contributed by atoms with Gasteiger partial charge in [0.2, 0.25) is 0 Å². The first-order chi connectivity index (χ1) is 12.3. The summed E-state index contributed by atoms with van der Waals surface area (Å²) in [6, 6.07) is 10.6. The Kier molecular flexibility index (Phi) is 4.54. The van der Waals surface area contributed by atoms with Gasteiger partial charge in [-0.25, -0.2) is 4.98 Å². The van der Waals surface area contributed by atoms with Crippen LogP contribution >= 0.6 is 0 Å². The molecule has 0 aliphatic heterocycles. The fourth-order valence-electron chi connectivity index (χ4n) is 2.71. The minimum Gasteiger partial charge on any atom is -0.322 e. The average molecular weight is 359 g/mol. The highest BCUT2D eigenvalue weighted by Crippen LogP contribution is 2.36. The SMILES string of the molecule is Cc1ccccc1C(=O)Nc1ccc(-n2ccnc2C)c(C(F)(F)F)c1. The topological polar surface area (TPSA) is 46.9 Å². The molecule has 0 bridgehead atoms. The standard InChI is InChI=1S/C19H16F3N3O/c1-12-5-3-4-6-15(12)18(26)24-14-7-8-17(16(11-14)19(20,21)22)25-10-9-23-13(25)2/h3-11H,1-2H3,(H,24,26). The summed E-state index contributed by atoms with van der Waals surface area (Å²) in [4.78, 5) is 16.3. The molecule has 0 fully saturated rings. The van der Waals surface area contributed by atoms with Gasteiger partial charge < -0.3 is 9.88 Å². The average Bonchev–Trinajstić information content (AvgIpc) is 3.00. The van der Waals surface area contributed by atoms with Gasteiger partial charge in [0.05, 0.1) is 11.3 Å². The van der Waals surface area contributed by atoms with Crippen molar-refractivity contribution >= 4 is 11.6 Å². The zero-order valence-corrected chi connectivity index (χ0v) is 14.1. The fourth-order valence-corrected chi connectivity index (χ4v) is 2.71. The molecule has 0 radical (unpaired) electrons. The maximum atomic E-state index is 13.5. The van der Waals surface area contributed by atoms with E-state index >= 15 is 0 Å². The van der Waals surface area contributed by atoms with Gasteiger partial charge in [0.25, 0.3) is 5.91 Å². The summed E-state index contributed by atoms with van der Waals surface area (Å²) in [5.41, 5.74) is 0.344. The number of rotatable bonds is 3. The van der Waals surface area contributed by atoms with Crippen molar-refractivity contribution in [1.82, 2.24) is 9.55 Å². The molecule has 2 aromatic carbocycles. The number of anilines is 1. The Bertz CT molecular complexity index is 961. The number of nitrogens with zero attached hydrogens (tertiary/aromatic N) is 2. The number of nitrogens with one attached hydrogen (secondary N) is 1. The molecule has 4 nitrogen and oxygen atoms in total. The van der Waals surface area contributed by atoms with Gasteiger partial charge in [-0.1, -0.05) is 18.2 Å². The second-order valence-electron chi connectivity index (χ2n) is 5.84. The number of hydrogen-bond donors (Lipinski definition) is 1. The molecule has 0 spiro atoms. The quantitative estimate of drug-likeness (QED) is 0.733. The van der Waals surface area contributed by atoms with E-state index in [1.54, 1.807) is 38.1 Å². The van der Waals surface area contributed by atoms with E-state index in [-0.39, 0.29) is 11.4 Å². The molecular formula is C19H16F3N3O. The number of imidazole rings is 1. The van der Waals surface area contributed by atoms with Crippen molar-refractivity contribution in [1.29, 1.82) is 0 Å². The van der Waals surface area contributed by atoms with E-state index in [1.165, 1.54) is 29.1 Å². The molecule has 0 aliphatic rings. The smallest absolute Gasteiger partial charge is 0.322 e. The van der Waals surface area contributed by atoms with Crippen LogP contribution in [0.15, 0.2) is 54.9 Å². The van der Waals surface area contributed by atoms with Crippen molar-refractivity contribution in [2.75, 3.05) is 5.32 Å². The summed E-state index contributed by atoms with van der Waals surface area (Å²) in [5, 5.41) is 2.53. The van der Waals surface area contributed by atoms with Crippen LogP contribution in [-0.4, -0.2) is 15.5 Å². The van der Waals surface area contributed by atoms with Crippen LogP contribution in [0.5, 0.6) is 0 Å². The monoisotopic (exact) mass is 359 g/mol. The maximum Gasteiger partial charge on any atom is 0.418 e. The van der Waals surface area contributed by atoms with E-state index in [0.29, 0.717) is 11.4 Å². The number of alkyl halides is 3. The summed E-state index contributed by atoms with van der Waals surface area (Å²) in [5.74, 6) is -0.0185. The van der Waals surface area contributed by atoms with Crippen molar-refractivity contribution in [3.05, 3.63) is 77.4 Å². The third kappa shape index (κ3) is 3.46. The zero-order chi connectivity index (χ0) is 18.9. The van der Waals surface area contributed by atoms with Crippen LogP contribution in [-0.2, 0) is 6.18 Å². The normalized spacial score (nSPS) is 11.4. The van der Waals surface area contributed by atoms with Crippen LogP contribution in [0, 0.1) is 13.8 Å². The predicted molar refractivity (Wildman–Crippen MR) is 92.4 cm³/mol. The summed E-state index contributed by atoms with van der Waals surface area (Å²) >= 11 is 0.